The molecular weight excluding hydrogens is 596 g/mol. The summed E-state index contributed by atoms with van der Waals surface area (Å²) in [5.41, 5.74) is 5.56. The average molecular weight is 635 g/mol. The van der Waals surface area contributed by atoms with Gasteiger partial charge in [0.2, 0.25) is 5.91 Å². The molecule has 4 aromatic carbocycles. The average Bonchev–Trinajstić information content (AvgIpc) is 3.51. The molecule has 1 N–H and O–H groups in total. The van der Waals surface area contributed by atoms with Crippen LogP contribution >= 0.6 is 0 Å². The quantitative estimate of drug-likeness (QED) is 0.216. The third-order valence-corrected chi connectivity index (χ3v) is 8.42. The molecule has 11 nitrogen and oxygen atoms in total. The predicted octanol–water partition coefficient (Wildman–Crippen LogP) is 5.00. The number of ether oxygens (including phenoxy) is 3. The second-order valence-corrected chi connectivity index (χ2v) is 11.3. The van der Waals surface area contributed by atoms with Crippen molar-refractivity contribution >= 4 is 34.2 Å². The number of carbonyl (C=O) groups is 2. The molecule has 0 unspecified atom stereocenters. The number of aryl methyl sites for hydroxylation is 1. The zero-order valence-electron chi connectivity index (χ0n) is 26.8. The first kappa shape index (κ1) is 31.6. The Bertz CT molecular complexity index is 1850. The number of fused-ring (bicyclic) bond motifs is 1. The molecule has 1 atom stereocenters. The van der Waals surface area contributed by atoms with Crippen LogP contribution in [0.4, 0.5) is 11.4 Å². The van der Waals surface area contributed by atoms with Crippen LogP contribution in [0.1, 0.15) is 22.7 Å². The number of carbonyl (C=O) groups excluding carboxylic acids is 2. The normalized spacial score (nSPS) is 13.6. The van der Waals surface area contributed by atoms with Gasteiger partial charge in [-0.3, -0.25) is 9.59 Å². The van der Waals surface area contributed by atoms with Gasteiger partial charge in [-0.1, -0.05) is 47.7 Å². The maximum atomic E-state index is 14.5. The molecular formula is C36H38N6O5. The molecule has 1 aliphatic rings. The van der Waals surface area contributed by atoms with Crippen molar-refractivity contribution in [1.29, 1.82) is 0 Å². The number of rotatable bonds is 11. The first-order valence-corrected chi connectivity index (χ1v) is 15.5. The number of nitrogens with zero attached hydrogens (tertiary/aromatic N) is 5. The van der Waals surface area contributed by atoms with Gasteiger partial charge in [0.25, 0.3) is 5.91 Å². The fraction of sp³-hybridized carbons (Fsp3) is 0.278. The zero-order valence-corrected chi connectivity index (χ0v) is 26.8. The Balaban J connectivity index is 1.38. The SMILES string of the molecule is COc1ccc([C@@H](C(=O)Nc2ccc(N3CCOCC3)cc2)N(Cc2ccccc2C)C(=O)Cn2nnc3ccccc32)cc1OC. The van der Waals surface area contributed by atoms with Crippen LogP contribution in [0.15, 0.2) is 91.0 Å². The number of benzene rings is 4. The van der Waals surface area contributed by atoms with Crippen molar-refractivity contribution in [3.05, 3.63) is 108 Å². The highest BCUT2D eigenvalue weighted by Crippen LogP contribution is 2.34. The number of aromatic nitrogens is 3. The van der Waals surface area contributed by atoms with E-state index in [2.05, 4.69) is 20.5 Å². The summed E-state index contributed by atoms with van der Waals surface area (Å²) in [7, 11) is 3.09. The monoisotopic (exact) mass is 634 g/mol. The van der Waals surface area contributed by atoms with E-state index in [0.717, 1.165) is 35.4 Å². The van der Waals surface area contributed by atoms with E-state index in [1.54, 1.807) is 42.0 Å². The number of anilines is 2. The highest BCUT2D eigenvalue weighted by Gasteiger charge is 2.33. The molecule has 1 aliphatic heterocycles. The lowest BCUT2D eigenvalue weighted by atomic mass is 10.0. The summed E-state index contributed by atoms with van der Waals surface area (Å²) in [5, 5.41) is 11.6. The summed E-state index contributed by atoms with van der Waals surface area (Å²) < 4.78 is 18.1. The van der Waals surface area contributed by atoms with Crippen molar-refractivity contribution in [1.82, 2.24) is 19.9 Å². The maximum Gasteiger partial charge on any atom is 0.251 e. The number of hydrogen-bond acceptors (Lipinski definition) is 8. The van der Waals surface area contributed by atoms with E-state index in [9.17, 15) is 9.59 Å². The minimum absolute atomic E-state index is 0.113. The van der Waals surface area contributed by atoms with Gasteiger partial charge >= 0.3 is 0 Å². The van der Waals surface area contributed by atoms with E-state index < -0.39 is 6.04 Å². The van der Waals surface area contributed by atoms with E-state index in [1.165, 1.54) is 0 Å². The molecule has 0 saturated carbocycles. The van der Waals surface area contributed by atoms with Gasteiger partial charge in [0, 0.05) is 31.0 Å². The number of morpholine rings is 1. The van der Waals surface area contributed by atoms with Crippen LogP contribution in [0.25, 0.3) is 11.0 Å². The highest BCUT2D eigenvalue weighted by molar-refractivity contribution is 5.98. The maximum absolute atomic E-state index is 14.5. The summed E-state index contributed by atoms with van der Waals surface area (Å²) in [5.74, 6) is 0.284. The van der Waals surface area contributed by atoms with E-state index in [-0.39, 0.29) is 24.9 Å². The van der Waals surface area contributed by atoms with Gasteiger partial charge in [0.1, 0.15) is 18.1 Å². The van der Waals surface area contributed by atoms with Crippen molar-refractivity contribution in [3.63, 3.8) is 0 Å². The van der Waals surface area contributed by atoms with Gasteiger partial charge < -0.3 is 29.3 Å². The molecule has 47 heavy (non-hydrogen) atoms. The molecule has 0 bridgehead atoms. The van der Waals surface area contributed by atoms with E-state index >= 15 is 0 Å². The minimum Gasteiger partial charge on any atom is -0.493 e. The molecule has 11 heteroatoms. The van der Waals surface area contributed by atoms with Crippen LogP contribution in [0.3, 0.4) is 0 Å². The summed E-state index contributed by atoms with van der Waals surface area (Å²) in [4.78, 5) is 32.7. The topological polar surface area (TPSA) is 111 Å². The third kappa shape index (κ3) is 7.05. The standard InChI is InChI=1S/C36H38N6O5/c1-25-8-4-5-9-27(25)23-41(34(43)24-42-31-11-7-6-10-30(31)38-39-42)35(26-12-17-32(45-2)33(22-26)46-3)36(44)37-28-13-15-29(16-14-28)40-18-20-47-21-19-40/h4-17,22,35H,18-21,23-24H2,1-3H3,(H,37,44)/t35-/m0/s1. The number of nitrogens with one attached hydrogen (secondary N) is 1. The molecule has 2 amide bonds. The van der Waals surface area contributed by atoms with Crippen molar-refractivity contribution in [2.45, 2.75) is 26.1 Å². The second kappa shape index (κ2) is 14.3. The Morgan fingerprint density at radius 1 is 0.915 bits per heavy atom. The number of amides is 2. The van der Waals surface area contributed by atoms with E-state index in [0.29, 0.717) is 41.5 Å². The largest absolute Gasteiger partial charge is 0.493 e. The van der Waals surface area contributed by atoms with Gasteiger partial charge in [-0.15, -0.1) is 5.10 Å². The van der Waals surface area contributed by atoms with Gasteiger partial charge in [-0.2, -0.15) is 0 Å². The molecule has 2 heterocycles. The van der Waals surface area contributed by atoms with Crippen molar-refractivity contribution in [2.24, 2.45) is 0 Å². The Morgan fingerprint density at radius 3 is 2.38 bits per heavy atom. The molecule has 1 aromatic heterocycles. The van der Waals surface area contributed by atoms with Gasteiger partial charge in [0.05, 0.1) is 33.0 Å². The molecule has 242 valence electrons. The van der Waals surface area contributed by atoms with Crippen LogP contribution in [0.5, 0.6) is 11.5 Å². The second-order valence-electron chi connectivity index (χ2n) is 11.3. The Labute approximate surface area is 273 Å². The smallest absolute Gasteiger partial charge is 0.251 e. The van der Waals surface area contributed by atoms with Crippen LogP contribution in [-0.2, 0) is 27.4 Å². The molecule has 5 aromatic rings. The lowest BCUT2D eigenvalue weighted by molar-refractivity contribution is -0.140. The molecule has 0 aliphatic carbocycles. The lowest BCUT2D eigenvalue weighted by Crippen LogP contribution is -2.42. The van der Waals surface area contributed by atoms with Crippen LogP contribution < -0.4 is 19.7 Å². The number of hydrogen-bond donors (Lipinski definition) is 1. The van der Waals surface area contributed by atoms with E-state index in [4.69, 9.17) is 14.2 Å². The third-order valence-electron chi connectivity index (χ3n) is 8.42. The fourth-order valence-corrected chi connectivity index (χ4v) is 5.83. The van der Waals surface area contributed by atoms with Gasteiger partial charge in [-0.05, 0) is 72.1 Å². The van der Waals surface area contributed by atoms with Crippen LogP contribution in [-0.4, -0.2) is 72.2 Å². The highest BCUT2D eigenvalue weighted by atomic mass is 16.5. The molecule has 1 saturated heterocycles. The first-order valence-electron chi connectivity index (χ1n) is 15.5. The van der Waals surface area contributed by atoms with Crippen molar-refractivity contribution in [2.75, 3.05) is 50.7 Å². The molecule has 6 rings (SSSR count). The molecule has 0 spiro atoms. The summed E-state index contributed by atoms with van der Waals surface area (Å²) in [6.45, 7) is 5.04. The van der Waals surface area contributed by atoms with Crippen LogP contribution in [0.2, 0.25) is 0 Å². The lowest BCUT2D eigenvalue weighted by Gasteiger charge is -2.32. The van der Waals surface area contributed by atoms with Crippen molar-refractivity contribution in [3.8, 4) is 11.5 Å². The Kier molecular flexibility index (Phi) is 9.63. The van der Waals surface area contributed by atoms with Gasteiger partial charge in [-0.25, -0.2) is 4.68 Å². The zero-order chi connectivity index (χ0) is 32.8. The van der Waals surface area contributed by atoms with E-state index in [1.807, 2.05) is 79.7 Å². The summed E-state index contributed by atoms with van der Waals surface area (Å²) >= 11 is 0. The van der Waals surface area contributed by atoms with Crippen molar-refractivity contribution < 1.29 is 23.8 Å². The molecule has 1 fully saturated rings. The Morgan fingerprint density at radius 2 is 1.64 bits per heavy atom. The first-order chi connectivity index (χ1) is 22.9. The fourth-order valence-electron chi connectivity index (χ4n) is 5.83. The Hall–Kier alpha value is -5.42. The minimum atomic E-state index is -1.03. The van der Waals surface area contributed by atoms with Gasteiger partial charge in [0.15, 0.2) is 11.5 Å². The van der Waals surface area contributed by atoms with Crippen LogP contribution in [0, 0.1) is 6.92 Å². The summed E-state index contributed by atoms with van der Waals surface area (Å²) in [6, 6.07) is 27.3. The number of methoxy groups -OCH3 is 2. The molecule has 0 radical (unpaired) electrons. The summed E-state index contributed by atoms with van der Waals surface area (Å²) in [6.07, 6.45) is 0. The number of para-hydroxylation sites is 1. The predicted molar refractivity (Wildman–Crippen MR) is 180 cm³/mol.